The van der Waals surface area contributed by atoms with Gasteiger partial charge in [-0.15, -0.1) is 0 Å². The van der Waals surface area contributed by atoms with Crippen molar-refractivity contribution in [3.63, 3.8) is 0 Å². The largest absolute Gasteiger partial charge is 0.355 e. The third-order valence-corrected chi connectivity index (χ3v) is 8.12. The van der Waals surface area contributed by atoms with Gasteiger partial charge in [-0.1, -0.05) is 30.3 Å². The summed E-state index contributed by atoms with van der Waals surface area (Å²) in [5, 5.41) is 9.44. The molecule has 232 valence electrons. The van der Waals surface area contributed by atoms with Gasteiger partial charge in [0.1, 0.15) is 0 Å². The molecule has 5 N–H and O–H groups in total. The van der Waals surface area contributed by atoms with E-state index in [0.717, 1.165) is 0 Å². The lowest BCUT2D eigenvalue weighted by atomic mass is 10.0. The molecule has 2 aromatic rings. The summed E-state index contributed by atoms with van der Waals surface area (Å²) >= 11 is 3.75. The predicted molar refractivity (Wildman–Crippen MR) is 159 cm³/mol. The first-order valence-electron chi connectivity index (χ1n) is 13.5. The van der Waals surface area contributed by atoms with Crippen molar-refractivity contribution >= 4 is 58.0 Å². The topological polar surface area (TPSA) is 202 Å². The summed E-state index contributed by atoms with van der Waals surface area (Å²) in [6.07, 6.45) is 0.845. The van der Waals surface area contributed by atoms with Crippen LogP contribution in [0.4, 0.5) is 0 Å². The molecule has 3 rings (SSSR count). The van der Waals surface area contributed by atoms with Gasteiger partial charge in [-0.05, 0) is 31.4 Å². The highest BCUT2D eigenvalue weighted by molar-refractivity contribution is 7.90. The molecule has 0 spiro atoms. The number of benzene rings is 1. The molecule has 1 atom stereocenters. The Kier molecular flexibility index (Phi) is 12.3. The van der Waals surface area contributed by atoms with E-state index in [-0.39, 0.29) is 49.9 Å². The molecule has 1 aromatic carbocycles. The fourth-order valence-electron chi connectivity index (χ4n) is 4.34. The number of amides is 5. The number of aromatic nitrogens is 1. The zero-order valence-corrected chi connectivity index (χ0v) is 25.0. The Bertz CT molecular complexity index is 1460. The molecule has 14 nitrogen and oxygen atoms in total. The standard InChI is InChI=1S/C27H34N6O8S2/c34-22(14-29-23(35)15-30-24(36)16-31-25(37)17-42)28-11-4-5-13-43(40,41)32-27(39)19-10-12-33-20(19)8-9-21(33)26(38)18-6-2-1-3-7-18/h1-3,6-9,19,42H,4-5,10-17H2,(H,28,34)(H,29,35)(H,30,36)(H,31,37)(H,32,39). The van der Waals surface area contributed by atoms with Gasteiger partial charge in [0.2, 0.25) is 45.3 Å². The molecular formula is C27H34N6O8S2. The summed E-state index contributed by atoms with van der Waals surface area (Å²) in [4.78, 5) is 71.9. The number of nitrogens with one attached hydrogen (secondary N) is 5. The van der Waals surface area contributed by atoms with E-state index < -0.39 is 45.5 Å². The summed E-state index contributed by atoms with van der Waals surface area (Å²) in [7, 11) is -3.93. The van der Waals surface area contributed by atoms with E-state index in [9.17, 15) is 37.2 Å². The third-order valence-electron chi connectivity index (χ3n) is 6.50. The maximum absolute atomic E-state index is 12.9. The van der Waals surface area contributed by atoms with Gasteiger partial charge in [-0.2, -0.15) is 12.6 Å². The second kappa shape index (κ2) is 15.9. The van der Waals surface area contributed by atoms with Crippen molar-refractivity contribution in [1.82, 2.24) is 30.6 Å². The van der Waals surface area contributed by atoms with Gasteiger partial charge in [0, 0.05) is 24.3 Å². The van der Waals surface area contributed by atoms with Crippen LogP contribution in [0.1, 0.15) is 46.9 Å². The van der Waals surface area contributed by atoms with Crippen LogP contribution in [-0.4, -0.2) is 86.0 Å². The highest BCUT2D eigenvalue weighted by Crippen LogP contribution is 2.31. The summed E-state index contributed by atoms with van der Waals surface area (Å²) in [5.41, 5.74) is 1.55. The number of hydrogen-bond donors (Lipinski definition) is 6. The molecule has 1 aliphatic heterocycles. The lowest BCUT2D eigenvalue weighted by Gasteiger charge is -2.12. The Morgan fingerprint density at radius 3 is 2.02 bits per heavy atom. The van der Waals surface area contributed by atoms with Gasteiger partial charge in [0.25, 0.3) is 0 Å². The van der Waals surface area contributed by atoms with Gasteiger partial charge in [0.05, 0.1) is 42.8 Å². The molecule has 2 heterocycles. The second-order valence-corrected chi connectivity index (χ2v) is 11.8. The summed E-state index contributed by atoms with van der Waals surface area (Å²) < 4.78 is 28.9. The van der Waals surface area contributed by atoms with Crippen molar-refractivity contribution in [1.29, 1.82) is 0 Å². The average molecular weight is 635 g/mol. The third kappa shape index (κ3) is 10.2. The summed E-state index contributed by atoms with van der Waals surface area (Å²) in [6, 6.07) is 12.1. The molecule has 5 amide bonds. The van der Waals surface area contributed by atoms with Gasteiger partial charge in [0.15, 0.2) is 0 Å². The molecule has 0 fully saturated rings. The number of carbonyl (C=O) groups excluding carboxylic acids is 6. The number of fused-ring (bicyclic) bond motifs is 1. The zero-order valence-electron chi connectivity index (χ0n) is 23.3. The van der Waals surface area contributed by atoms with Crippen LogP contribution in [0.2, 0.25) is 0 Å². The molecule has 1 aliphatic rings. The molecule has 0 bridgehead atoms. The van der Waals surface area contributed by atoms with Crippen molar-refractivity contribution in [3.8, 4) is 0 Å². The molecule has 0 saturated heterocycles. The van der Waals surface area contributed by atoms with E-state index >= 15 is 0 Å². The number of sulfonamides is 1. The predicted octanol–water partition coefficient (Wildman–Crippen LogP) is -1.17. The second-order valence-electron chi connectivity index (χ2n) is 9.66. The van der Waals surface area contributed by atoms with E-state index in [2.05, 4.69) is 38.6 Å². The van der Waals surface area contributed by atoms with Crippen LogP contribution in [0.25, 0.3) is 0 Å². The van der Waals surface area contributed by atoms with E-state index in [1.165, 1.54) is 0 Å². The van der Waals surface area contributed by atoms with Crippen molar-refractivity contribution in [2.75, 3.05) is 37.7 Å². The van der Waals surface area contributed by atoms with Gasteiger partial charge in [-0.3, -0.25) is 33.5 Å². The van der Waals surface area contributed by atoms with Crippen molar-refractivity contribution in [2.24, 2.45) is 0 Å². The molecular weight excluding hydrogens is 600 g/mol. The number of ketones is 1. The van der Waals surface area contributed by atoms with Crippen molar-refractivity contribution < 1.29 is 37.2 Å². The maximum Gasteiger partial charge on any atom is 0.242 e. The van der Waals surface area contributed by atoms with Crippen LogP contribution in [0.5, 0.6) is 0 Å². The van der Waals surface area contributed by atoms with Crippen LogP contribution >= 0.6 is 12.6 Å². The smallest absolute Gasteiger partial charge is 0.242 e. The van der Waals surface area contributed by atoms with E-state index in [0.29, 0.717) is 36.3 Å². The quantitative estimate of drug-likeness (QED) is 0.0753. The first kappa shape index (κ1) is 33.3. The number of unbranched alkanes of at least 4 members (excludes halogenated alkanes) is 1. The fourth-order valence-corrected chi connectivity index (χ4v) is 5.59. The fraction of sp³-hybridized carbons (Fsp3) is 0.407. The molecule has 0 aliphatic carbocycles. The van der Waals surface area contributed by atoms with Crippen molar-refractivity contribution in [2.45, 2.75) is 31.7 Å². The number of nitrogens with zero attached hydrogens (tertiary/aromatic N) is 1. The Morgan fingerprint density at radius 2 is 1.40 bits per heavy atom. The normalized spacial score (nSPS) is 13.8. The molecule has 43 heavy (non-hydrogen) atoms. The first-order chi connectivity index (χ1) is 20.5. The molecule has 0 saturated carbocycles. The minimum Gasteiger partial charge on any atom is -0.355 e. The average Bonchev–Trinajstić information content (AvgIpc) is 3.60. The first-order valence-corrected chi connectivity index (χ1v) is 15.8. The number of hydrogen-bond acceptors (Lipinski definition) is 9. The lowest BCUT2D eigenvalue weighted by molar-refractivity contribution is -0.128. The maximum atomic E-state index is 12.9. The minimum absolute atomic E-state index is 0.0764. The Morgan fingerprint density at radius 1 is 0.791 bits per heavy atom. The monoisotopic (exact) mass is 634 g/mol. The Balaban J connectivity index is 1.32. The van der Waals surface area contributed by atoms with Gasteiger partial charge >= 0.3 is 0 Å². The van der Waals surface area contributed by atoms with Crippen LogP contribution in [0.3, 0.4) is 0 Å². The van der Waals surface area contributed by atoms with Crippen LogP contribution < -0.4 is 26.0 Å². The van der Waals surface area contributed by atoms with E-state index in [1.807, 2.05) is 6.07 Å². The highest BCUT2D eigenvalue weighted by Gasteiger charge is 2.33. The Labute approximate surface area is 254 Å². The van der Waals surface area contributed by atoms with Crippen LogP contribution in [0.15, 0.2) is 42.5 Å². The molecule has 1 unspecified atom stereocenters. The molecule has 1 aromatic heterocycles. The highest BCUT2D eigenvalue weighted by atomic mass is 32.2. The van der Waals surface area contributed by atoms with E-state index in [4.69, 9.17) is 0 Å². The zero-order chi connectivity index (χ0) is 31.4. The number of rotatable bonds is 16. The number of carbonyl (C=O) groups is 6. The van der Waals surface area contributed by atoms with E-state index in [1.54, 1.807) is 41.0 Å². The lowest BCUT2D eigenvalue weighted by Crippen LogP contribution is -2.44. The van der Waals surface area contributed by atoms with Crippen molar-refractivity contribution in [3.05, 3.63) is 59.4 Å². The minimum atomic E-state index is -3.93. The summed E-state index contributed by atoms with van der Waals surface area (Å²) in [5.74, 6) is -4.07. The molecule has 0 radical (unpaired) electrons. The van der Waals surface area contributed by atoms with Crippen LogP contribution in [0, 0.1) is 0 Å². The van der Waals surface area contributed by atoms with Crippen LogP contribution in [-0.2, 0) is 40.5 Å². The summed E-state index contributed by atoms with van der Waals surface area (Å²) in [6.45, 7) is -0.472. The van der Waals surface area contributed by atoms with Gasteiger partial charge < -0.3 is 25.8 Å². The van der Waals surface area contributed by atoms with Gasteiger partial charge in [-0.25, -0.2) is 8.42 Å². The SMILES string of the molecule is O=C(CS)NCC(=O)NCC(=O)NCC(=O)NCCCCS(=O)(=O)NC(=O)C1CCn2c(C(=O)c3ccccc3)ccc21. The molecule has 16 heteroatoms. The number of thiol groups is 1. The Hall–Kier alpha value is -4.18.